The van der Waals surface area contributed by atoms with Gasteiger partial charge in [0.05, 0.1) is 20.0 Å². The van der Waals surface area contributed by atoms with E-state index in [1.807, 2.05) is 35.7 Å². The third kappa shape index (κ3) is 2.49. The molecule has 0 spiro atoms. The quantitative estimate of drug-likeness (QED) is 0.720. The summed E-state index contributed by atoms with van der Waals surface area (Å²) < 4.78 is 7.13. The highest BCUT2D eigenvalue weighted by atomic mass is 16.5. The third-order valence-electron chi connectivity index (χ3n) is 3.17. The fourth-order valence-electron chi connectivity index (χ4n) is 2.17. The number of nitrogens with zero attached hydrogens (tertiary/aromatic N) is 6. The summed E-state index contributed by atoms with van der Waals surface area (Å²) in [6.07, 6.45) is 5.07. The molecule has 0 bridgehead atoms. The number of aromatic nitrogens is 5. The van der Waals surface area contributed by atoms with E-state index < -0.39 is 0 Å². The molecule has 21 heavy (non-hydrogen) atoms. The number of pyridine rings is 1. The summed E-state index contributed by atoms with van der Waals surface area (Å²) in [6.45, 7) is 0.652. The smallest absolute Gasteiger partial charge is 0.213 e. The van der Waals surface area contributed by atoms with Gasteiger partial charge in [-0.15, -0.1) is 0 Å². The van der Waals surface area contributed by atoms with Crippen molar-refractivity contribution in [3.8, 4) is 5.88 Å². The summed E-state index contributed by atoms with van der Waals surface area (Å²) in [7, 11) is 5.48. The van der Waals surface area contributed by atoms with Gasteiger partial charge in [0, 0.05) is 26.4 Å². The molecular weight excluding hydrogens is 268 g/mol. The summed E-state index contributed by atoms with van der Waals surface area (Å²) in [5.74, 6) is 1.41. The zero-order chi connectivity index (χ0) is 14.8. The number of hydrogen-bond acceptors (Lipinski definition) is 6. The molecule has 7 nitrogen and oxygen atoms in total. The maximum atomic E-state index is 5.14. The zero-order valence-electron chi connectivity index (χ0n) is 12.2. The minimum atomic E-state index is 0.598. The molecule has 0 aliphatic heterocycles. The zero-order valence-corrected chi connectivity index (χ0v) is 12.2. The van der Waals surface area contributed by atoms with Gasteiger partial charge in [-0.1, -0.05) is 0 Å². The van der Waals surface area contributed by atoms with Crippen molar-refractivity contribution in [2.75, 3.05) is 26.1 Å². The van der Waals surface area contributed by atoms with E-state index in [0.29, 0.717) is 12.4 Å². The fourth-order valence-corrected chi connectivity index (χ4v) is 2.17. The summed E-state index contributed by atoms with van der Waals surface area (Å²) in [5, 5.41) is 0. The van der Waals surface area contributed by atoms with Gasteiger partial charge in [-0.05, 0) is 11.6 Å². The largest absolute Gasteiger partial charge is 0.481 e. The molecule has 0 saturated heterocycles. The molecule has 0 aromatic carbocycles. The van der Waals surface area contributed by atoms with Crippen LogP contribution in [-0.4, -0.2) is 45.7 Å². The highest BCUT2D eigenvalue weighted by Crippen LogP contribution is 2.20. The van der Waals surface area contributed by atoms with Gasteiger partial charge < -0.3 is 14.2 Å². The van der Waals surface area contributed by atoms with E-state index in [2.05, 4.69) is 19.9 Å². The van der Waals surface area contributed by atoms with Crippen molar-refractivity contribution in [1.29, 1.82) is 0 Å². The van der Waals surface area contributed by atoms with E-state index in [9.17, 15) is 0 Å². The summed E-state index contributed by atoms with van der Waals surface area (Å²) in [6, 6.07) is 3.85. The molecular formula is C14H16N6O. The van der Waals surface area contributed by atoms with Crippen molar-refractivity contribution in [1.82, 2.24) is 24.5 Å². The van der Waals surface area contributed by atoms with Crippen LogP contribution in [0.25, 0.3) is 11.2 Å². The van der Waals surface area contributed by atoms with Crippen molar-refractivity contribution in [3.05, 3.63) is 36.5 Å². The van der Waals surface area contributed by atoms with E-state index in [0.717, 1.165) is 22.5 Å². The first kappa shape index (κ1) is 13.3. The normalized spacial score (nSPS) is 10.8. The molecule has 0 atom stereocenters. The number of ether oxygens (including phenoxy) is 1. The Morgan fingerprint density at radius 2 is 2.05 bits per heavy atom. The van der Waals surface area contributed by atoms with Gasteiger partial charge in [0.25, 0.3) is 0 Å². The predicted molar refractivity (Wildman–Crippen MR) is 79.5 cm³/mol. The van der Waals surface area contributed by atoms with Crippen LogP contribution >= 0.6 is 0 Å². The molecule has 0 unspecified atom stereocenters. The van der Waals surface area contributed by atoms with Gasteiger partial charge >= 0.3 is 0 Å². The second-order valence-electron chi connectivity index (χ2n) is 4.84. The first-order valence-electron chi connectivity index (χ1n) is 6.51. The molecule has 108 valence electrons. The molecule has 0 amide bonds. The minimum Gasteiger partial charge on any atom is -0.481 e. The second-order valence-corrected chi connectivity index (χ2v) is 4.84. The van der Waals surface area contributed by atoms with Gasteiger partial charge in [0.1, 0.15) is 6.33 Å². The van der Waals surface area contributed by atoms with Gasteiger partial charge in [-0.2, -0.15) is 0 Å². The van der Waals surface area contributed by atoms with Crippen LogP contribution in [0.1, 0.15) is 5.56 Å². The summed E-state index contributed by atoms with van der Waals surface area (Å²) in [5.41, 5.74) is 2.68. The van der Waals surface area contributed by atoms with Crippen LogP contribution in [0, 0.1) is 0 Å². The van der Waals surface area contributed by atoms with Crippen molar-refractivity contribution < 1.29 is 4.74 Å². The molecule has 3 aromatic rings. The van der Waals surface area contributed by atoms with Crippen LogP contribution < -0.4 is 9.64 Å². The van der Waals surface area contributed by atoms with Crippen LogP contribution in [-0.2, 0) is 6.54 Å². The van der Waals surface area contributed by atoms with E-state index in [1.54, 1.807) is 26.0 Å². The predicted octanol–water partition coefficient (Wildman–Crippen LogP) is 1.34. The SMILES string of the molecule is COc1cc(Cn2cnc3c(N(C)C)ncnc32)ccn1. The van der Waals surface area contributed by atoms with E-state index >= 15 is 0 Å². The molecule has 0 N–H and O–H groups in total. The van der Waals surface area contributed by atoms with Gasteiger partial charge in [-0.3, -0.25) is 0 Å². The maximum absolute atomic E-state index is 5.14. The molecule has 0 aliphatic carbocycles. The van der Waals surface area contributed by atoms with Crippen LogP contribution in [0.3, 0.4) is 0 Å². The highest BCUT2D eigenvalue weighted by Gasteiger charge is 2.11. The second kappa shape index (κ2) is 5.35. The molecule has 0 fully saturated rings. The Labute approximate surface area is 122 Å². The third-order valence-corrected chi connectivity index (χ3v) is 3.17. The monoisotopic (exact) mass is 284 g/mol. The minimum absolute atomic E-state index is 0.598. The molecule has 0 saturated carbocycles. The lowest BCUT2D eigenvalue weighted by Gasteiger charge is -2.11. The standard InChI is InChI=1S/C14H16N6O/c1-19(2)13-12-14(17-8-16-13)20(9-18-12)7-10-4-5-15-11(6-10)21-3/h4-6,8-9H,7H2,1-3H3. The first-order valence-corrected chi connectivity index (χ1v) is 6.51. The molecule has 3 rings (SSSR count). The molecule has 3 aromatic heterocycles. The van der Waals surface area contributed by atoms with Crippen molar-refractivity contribution in [2.45, 2.75) is 6.54 Å². The number of methoxy groups -OCH3 is 1. The molecule has 7 heteroatoms. The van der Waals surface area contributed by atoms with Crippen molar-refractivity contribution in [3.63, 3.8) is 0 Å². The Morgan fingerprint density at radius 1 is 1.19 bits per heavy atom. The number of anilines is 1. The molecule has 0 aliphatic rings. The summed E-state index contributed by atoms with van der Waals surface area (Å²) >= 11 is 0. The lowest BCUT2D eigenvalue weighted by Crippen LogP contribution is -2.11. The Balaban J connectivity index is 1.99. The summed E-state index contributed by atoms with van der Waals surface area (Å²) in [4.78, 5) is 19.1. The Hall–Kier alpha value is -2.70. The Morgan fingerprint density at radius 3 is 2.81 bits per heavy atom. The van der Waals surface area contributed by atoms with Crippen molar-refractivity contribution >= 4 is 17.0 Å². The average Bonchev–Trinajstić information content (AvgIpc) is 2.90. The van der Waals surface area contributed by atoms with Crippen molar-refractivity contribution in [2.24, 2.45) is 0 Å². The number of rotatable bonds is 4. The number of hydrogen-bond donors (Lipinski definition) is 0. The Bertz CT molecular complexity index is 767. The lowest BCUT2D eigenvalue weighted by molar-refractivity contribution is 0.397. The van der Waals surface area contributed by atoms with Gasteiger partial charge in [-0.25, -0.2) is 19.9 Å². The topological polar surface area (TPSA) is 69.0 Å². The van der Waals surface area contributed by atoms with Crippen LogP contribution in [0.2, 0.25) is 0 Å². The van der Waals surface area contributed by atoms with Crippen LogP contribution in [0.4, 0.5) is 5.82 Å². The fraction of sp³-hybridized carbons (Fsp3) is 0.286. The Kier molecular flexibility index (Phi) is 3.39. The van der Waals surface area contributed by atoms with E-state index in [-0.39, 0.29) is 0 Å². The first-order chi connectivity index (χ1) is 10.2. The van der Waals surface area contributed by atoms with E-state index in [4.69, 9.17) is 4.74 Å². The van der Waals surface area contributed by atoms with Gasteiger partial charge in [0.15, 0.2) is 17.0 Å². The van der Waals surface area contributed by atoms with Crippen LogP contribution in [0.15, 0.2) is 31.0 Å². The maximum Gasteiger partial charge on any atom is 0.213 e. The molecule has 3 heterocycles. The number of imidazole rings is 1. The average molecular weight is 284 g/mol. The highest BCUT2D eigenvalue weighted by molar-refractivity contribution is 5.83. The number of fused-ring (bicyclic) bond motifs is 1. The lowest BCUT2D eigenvalue weighted by atomic mass is 10.2. The van der Waals surface area contributed by atoms with E-state index in [1.165, 1.54) is 0 Å². The van der Waals surface area contributed by atoms with Crippen LogP contribution in [0.5, 0.6) is 5.88 Å². The molecule has 0 radical (unpaired) electrons. The van der Waals surface area contributed by atoms with Gasteiger partial charge in [0.2, 0.25) is 5.88 Å².